The molecule has 1 heterocycles. The fourth-order valence-corrected chi connectivity index (χ4v) is 1.58. The number of rotatable bonds is 2. The van der Waals surface area contributed by atoms with Gasteiger partial charge in [0.25, 0.3) is 6.43 Å². The predicted octanol–water partition coefficient (Wildman–Crippen LogP) is 3.50. The van der Waals surface area contributed by atoms with Gasteiger partial charge in [0.05, 0.1) is 11.6 Å². The summed E-state index contributed by atoms with van der Waals surface area (Å²) in [5.74, 6) is -0.855. The van der Waals surface area contributed by atoms with Crippen molar-refractivity contribution >= 4 is 34.2 Å². The lowest BCUT2D eigenvalue weighted by Gasteiger charge is -2.05. The molecule has 0 aliphatic carbocycles. The molecule has 0 bridgehead atoms. The van der Waals surface area contributed by atoms with Gasteiger partial charge in [0.1, 0.15) is 11.5 Å². The highest BCUT2D eigenvalue weighted by atomic mass is 127. The minimum atomic E-state index is -2.70. The summed E-state index contributed by atoms with van der Waals surface area (Å²) in [6, 6.07) is 1.01. The number of hydrogen-bond acceptors (Lipinski definition) is 1. The Morgan fingerprint density at radius 2 is 2.15 bits per heavy atom. The molecule has 0 saturated heterocycles. The van der Waals surface area contributed by atoms with Gasteiger partial charge in [0.2, 0.25) is 0 Å². The summed E-state index contributed by atoms with van der Waals surface area (Å²) in [5, 5.41) is 0. The molecule has 1 aromatic rings. The molecule has 0 N–H and O–H groups in total. The zero-order chi connectivity index (χ0) is 10.0. The maximum atomic E-state index is 12.9. The van der Waals surface area contributed by atoms with Crippen molar-refractivity contribution in [3.63, 3.8) is 0 Å². The molecule has 1 rings (SSSR count). The minimum absolute atomic E-state index is 0.110. The first kappa shape index (κ1) is 11.0. The van der Waals surface area contributed by atoms with E-state index in [1.54, 1.807) is 22.6 Å². The van der Waals surface area contributed by atoms with Gasteiger partial charge < -0.3 is 0 Å². The monoisotopic (exact) mass is 321 g/mol. The van der Waals surface area contributed by atoms with Crippen LogP contribution in [0.4, 0.5) is 13.2 Å². The van der Waals surface area contributed by atoms with Gasteiger partial charge in [-0.2, -0.15) is 0 Å². The van der Waals surface area contributed by atoms with Crippen molar-refractivity contribution in [3.05, 3.63) is 26.8 Å². The molecule has 0 aliphatic rings. The molecule has 1 aromatic heterocycles. The highest BCUT2D eigenvalue weighted by Crippen LogP contribution is 2.24. The largest absolute Gasteiger partial charge is 0.281 e. The van der Waals surface area contributed by atoms with E-state index in [9.17, 15) is 13.2 Å². The molecule has 72 valence electrons. The third kappa shape index (κ3) is 2.46. The molecule has 0 atom stereocenters. The van der Waals surface area contributed by atoms with Gasteiger partial charge >= 0.3 is 0 Å². The Kier molecular flexibility index (Phi) is 3.78. The standard InChI is InChI=1S/C7H4ClF3IN/c8-2-5-3(9)1-4(12)6(13-5)7(10)11/h1,7H,2H2. The smallest absolute Gasteiger partial charge is 0.246 e. The Morgan fingerprint density at radius 1 is 1.54 bits per heavy atom. The van der Waals surface area contributed by atoms with Crippen LogP contribution in [0.1, 0.15) is 17.8 Å². The van der Waals surface area contributed by atoms with Crippen molar-refractivity contribution in [2.24, 2.45) is 0 Å². The van der Waals surface area contributed by atoms with Crippen molar-refractivity contribution in [1.29, 1.82) is 0 Å². The summed E-state index contributed by atoms with van der Waals surface area (Å²) in [5.41, 5.74) is -0.560. The Balaban J connectivity index is 3.22. The van der Waals surface area contributed by atoms with Crippen LogP contribution < -0.4 is 0 Å². The summed E-state index contributed by atoms with van der Waals surface area (Å²) in [4.78, 5) is 3.43. The second kappa shape index (κ2) is 4.45. The molecular weight excluding hydrogens is 317 g/mol. The molecule has 0 aromatic carbocycles. The fourth-order valence-electron chi connectivity index (χ4n) is 0.767. The maximum absolute atomic E-state index is 12.9. The quantitative estimate of drug-likeness (QED) is 0.600. The third-order valence-corrected chi connectivity index (χ3v) is 2.48. The highest BCUT2D eigenvalue weighted by molar-refractivity contribution is 14.1. The Labute approximate surface area is 91.4 Å². The van der Waals surface area contributed by atoms with Crippen LogP contribution in [0.15, 0.2) is 6.07 Å². The van der Waals surface area contributed by atoms with E-state index in [0.29, 0.717) is 0 Å². The summed E-state index contributed by atoms with van der Waals surface area (Å²) in [6.45, 7) is 0. The summed E-state index contributed by atoms with van der Waals surface area (Å²) in [6.07, 6.45) is -2.70. The molecule has 0 amide bonds. The first-order chi connectivity index (χ1) is 6.06. The summed E-state index contributed by atoms with van der Waals surface area (Å²) < 4.78 is 37.5. The molecular formula is C7H4ClF3IN. The molecule has 0 fully saturated rings. The molecule has 0 unspecified atom stereocenters. The van der Waals surface area contributed by atoms with Gasteiger partial charge in [0.15, 0.2) is 0 Å². The van der Waals surface area contributed by atoms with Crippen LogP contribution in [0.5, 0.6) is 0 Å². The van der Waals surface area contributed by atoms with E-state index < -0.39 is 17.9 Å². The van der Waals surface area contributed by atoms with Crippen LogP contribution in [0.25, 0.3) is 0 Å². The van der Waals surface area contributed by atoms with E-state index in [1.165, 1.54) is 0 Å². The Morgan fingerprint density at radius 3 is 2.62 bits per heavy atom. The van der Waals surface area contributed by atoms with E-state index in [4.69, 9.17) is 11.6 Å². The van der Waals surface area contributed by atoms with Crippen LogP contribution >= 0.6 is 34.2 Å². The number of alkyl halides is 3. The van der Waals surface area contributed by atoms with Crippen LogP contribution in [0.3, 0.4) is 0 Å². The Hall–Kier alpha value is -0.0400. The van der Waals surface area contributed by atoms with E-state index in [2.05, 4.69) is 4.98 Å². The van der Waals surface area contributed by atoms with Crippen molar-refractivity contribution in [3.8, 4) is 0 Å². The first-order valence-corrected chi connectivity index (χ1v) is 4.86. The van der Waals surface area contributed by atoms with Gasteiger partial charge in [-0.25, -0.2) is 18.2 Å². The molecule has 0 saturated carbocycles. The van der Waals surface area contributed by atoms with E-state index in [0.717, 1.165) is 6.07 Å². The van der Waals surface area contributed by atoms with Gasteiger partial charge in [-0.1, -0.05) is 0 Å². The average molecular weight is 321 g/mol. The van der Waals surface area contributed by atoms with Gasteiger partial charge in [-0.05, 0) is 28.7 Å². The van der Waals surface area contributed by atoms with Crippen LogP contribution in [0, 0.1) is 9.39 Å². The van der Waals surface area contributed by atoms with E-state index in [1.807, 2.05) is 0 Å². The number of hydrogen-bond donors (Lipinski definition) is 0. The number of nitrogens with zero attached hydrogens (tertiary/aromatic N) is 1. The number of aromatic nitrogens is 1. The zero-order valence-electron chi connectivity index (χ0n) is 6.20. The molecule has 6 heteroatoms. The highest BCUT2D eigenvalue weighted by Gasteiger charge is 2.16. The number of pyridine rings is 1. The lowest BCUT2D eigenvalue weighted by atomic mass is 10.3. The molecule has 0 aliphatic heterocycles. The lowest BCUT2D eigenvalue weighted by molar-refractivity contribution is 0.144. The fraction of sp³-hybridized carbons (Fsp3) is 0.286. The molecule has 0 spiro atoms. The van der Waals surface area contributed by atoms with Crippen LogP contribution in [-0.2, 0) is 5.88 Å². The van der Waals surface area contributed by atoms with Crippen LogP contribution in [0.2, 0.25) is 0 Å². The molecule has 0 radical (unpaired) electrons. The third-order valence-electron chi connectivity index (χ3n) is 1.36. The van der Waals surface area contributed by atoms with Gasteiger partial charge in [-0.3, -0.25) is 0 Å². The SMILES string of the molecule is Fc1cc(I)c(C(F)F)nc1CCl. The normalized spacial score (nSPS) is 10.9. The van der Waals surface area contributed by atoms with Crippen molar-refractivity contribution in [1.82, 2.24) is 4.98 Å². The van der Waals surface area contributed by atoms with Gasteiger partial charge in [0, 0.05) is 3.57 Å². The summed E-state index contributed by atoms with van der Waals surface area (Å²) >= 11 is 6.92. The number of halogens is 5. The molecule has 1 nitrogen and oxygen atoms in total. The molecule has 13 heavy (non-hydrogen) atoms. The average Bonchev–Trinajstić information content (AvgIpc) is 2.03. The second-order valence-corrected chi connectivity index (χ2v) is 3.65. The Bertz CT molecular complexity index is 319. The van der Waals surface area contributed by atoms with Crippen molar-refractivity contribution in [2.75, 3.05) is 0 Å². The summed E-state index contributed by atoms with van der Waals surface area (Å²) in [7, 11) is 0. The van der Waals surface area contributed by atoms with Crippen molar-refractivity contribution in [2.45, 2.75) is 12.3 Å². The van der Waals surface area contributed by atoms with Gasteiger partial charge in [-0.15, -0.1) is 11.6 Å². The zero-order valence-corrected chi connectivity index (χ0v) is 9.11. The maximum Gasteiger partial charge on any atom is 0.281 e. The predicted molar refractivity (Wildman–Crippen MR) is 51.4 cm³/mol. The van der Waals surface area contributed by atoms with Crippen LogP contribution in [-0.4, -0.2) is 4.98 Å². The van der Waals surface area contributed by atoms with Crippen molar-refractivity contribution < 1.29 is 13.2 Å². The minimum Gasteiger partial charge on any atom is -0.246 e. The van der Waals surface area contributed by atoms with E-state index >= 15 is 0 Å². The second-order valence-electron chi connectivity index (χ2n) is 2.22. The van der Waals surface area contributed by atoms with E-state index in [-0.39, 0.29) is 15.1 Å². The first-order valence-electron chi connectivity index (χ1n) is 3.25. The lowest BCUT2D eigenvalue weighted by Crippen LogP contribution is -2.01. The topological polar surface area (TPSA) is 12.9 Å².